The van der Waals surface area contributed by atoms with Gasteiger partial charge in [-0.2, -0.15) is 0 Å². The van der Waals surface area contributed by atoms with Crippen LogP contribution >= 0.6 is 0 Å². The first kappa shape index (κ1) is 18.2. The van der Waals surface area contributed by atoms with E-state index in [0.717, 1.165) is 5.57 Å². The molecule has 3 rings (SSSR count). The number of fused-ring (bicyclic) bond motifs is 2. The molecule has 0 radical (unpaired) electrons. The van der Waals surface area contributed by atoms with Crippen LogP contribution in [0.2, 0.25) is 0 Å². The lowest BCUT2D eigenvalue weighted by Crippen LogP contribution is -2.44. The topological polar surface area (TPSA) is 72.8 Å². The molecule has 25 heavy (non-hydrogen) atoms. The van der Waals surface area contributed by atoms with Crippen LogP contribution in [0.15, 0.2) is 23.3 Å². The van der Waals surface area contributed by atoms with E-state index in [1.54, 1.807) is 26.8 Å². The van der Waals surface area contributed by atoms with Crippen LogP contribution in [-0.2, 0) is 19.1 Å². The summed E-state index contributed by atoms with van der Waals surface area (Å²) in [7, 11) is 0. The van der Waals surface area contributed by atoms with Gasteiger partial charge in [0.1, 0.15) is 17.8 Å². The SMILES string of the molecule is C/C=C(/C)C(=O)O[C@@H]1C[C@H]2C(C)=C[C@@H]3OC(=O)[C@@H](C)[C@H]3C[C@H]2[C@]1(C)O. The predicted molar refractivity (Wildman–Crippen MR) is 92.4 cm³/mol. The average molecular weight is 348 g/mol. The van der Waals surface area contributed by atoms with E-state index in [-0.39, 0.29) is 41.7 Å². The molecule has 138 valence electrons. The predicted octanol–water partition coefficient (Wildman–Crippen LogP) is 2.78. The minimum Gasteiger partial charge on any atom is -0.458 e. The number of esters is 2. The molecule has 5 nitrogen and oxygen atoms in total. The molecule has 1 saturated heterocycles. The van der Waals surface area contributed by atoms with Crippen molar-refractivity contribution in [2.24, 2.45) is 23.7 Å². The quantitative estimate of drug-likeness (QED) is 0.472. The molecule has 1 heterocycles. The van der Waals surface area contributed by atoms with Crippen LogP contribution in [-0.4, -0.2) is 34.9 Å². The van der Waals surface area contributed by atoms with Crippen molar-refractivity contribution in [1.82, 2.24) is 0 Å². The molecule has 5 heteroatoms. The zero-order valence-corrected chi connectivity index (χ0v) is 15.6. The highest BCUT2D eigenvalue weighted by Crippen LogP contribution is 2.52. The molecule has 1 saturated carbocycles. The average Bonchev–Trinajstić information content (AvgIpc) is 2.89. The van der Waals surface area contributed by atoms with E-state index in [0.29, 0.717) is 18.4 Å². The minimum absolute atomic E-state index is 0.0561. The molecule has 0 bridgehead atoms. The molecule has 0 spiro atoms. The zero-order valence-electron chi connectivity index (χ0n) is 15.6. The maximum atomic E-state index is 12.2. The second-order valence-electron chi connectivity index (χ2n) is 8.04. The highest BCUT2D eigenvalue weighted by Gasteiger charge is 2.57. The van der Waals surface area contributed by atoms with Gasteiger partial charge in [-0.15, -0.1) is 0 Å². The van der Waals surface area contributed by atoms with Crippen molar-refractivity contribution in [3.8, 4) is 0 Å². The monoisotopic (exact) mass is 348 g/mol. The minimum atomic E-state index is -1.12. The van der Waals surface area contributed by atoms with Crippen LogP contribution in [0.3, 0.4) is 0 Å². The van der Waals surface area contributed by atoms with Gasteiger partial charge in [0.25, 0.3) is 0 Å². The Bertz CT molecular complexity index is 644. The van der Waals surface area contributed by atoms with Crippen LogP contribution < -0.4 is 0 Å². The number of aliphatic hydroxyl groups is 1. The molecule has 1 N–H and O–H groups in total. The fraction of sp³-hybridized carbons (Fsp3) is 0.700. The Morgan fingerprint density at radius 3 is 2.76 bits per heavy atom. The molecular weight excluding hydrogens is 320 g/mol. The molecule has 2 aliphatic carbocycles. The zero-order chi connectivity index (χ0) is 18.5. The van der Waals surface area contributed by atoms with Crippen LogP contribution in [0.5, 0.6) is 0 Å². The van der Waals surface area contributed by atoms with E-state index >= 15 is 0 Å². The number of ether oxygens (including phenoxy) is 2. The lowest BCUT2D eigenvalue weighted by atomic mass is 9.76. The van der Waals surface area contributed by atoms with Crippen molar-refractivity contribution in [3.05, 3.63) is 23.3 Å². The Labute approximate surface area is 149 Å². The molecular formula is C20H28O5. The third-order valence-electron chi connectivity index (χ3n) is 6.59. The Morgan fingerprint density at radius 1 is 1.44 bits per heavy atom. The van der Waals surface area contributed by atoms with Gasteiger partial charge in [-0.3, -0.25) is 4.79 Å². The first-order chi connectivity index (χ1) is 11.7. The van der Waals surface area contributed by atoms with Crippen molar-refractivity contribution >= 4 is 11.9 Å². The molecule has 3 aliphatic rings. The van der Waals surface area contributed by atoms with Gasteiger partial charge in [-0.1, -0.05) is 18.6 Å². The maximum absolute atomic E-state index is 12.2. The molecule has 7 atom stereocenters. The van der Waals surface area contributed by atoms with Gasteiger partial charge >= 0.3 is 11.9 Å². The fourth-order valence-electron chi connectivity index (χ4n) is 4.65. The van der Waals surface area contributed by atoms with Crippen molar-refractivity contribution in [1.29, 1.82) is 0 Å². The van der Waals surface area contributed by atoms with Gasteiger partial charge in [0.05, 0.1) is 5.92 Å². The summed E-state index contributed by atoms with van der Waals surface area (Å²) < 4.78 is 11.1. The third kappa shape index (κ3) is 2.92. The van der Waals surface area contributed by atoms with Gasteiger partial charge in [0.2, 0.25) is 0 Å². The number of allylic oxidation sites excluding steroid dienone is 2. The maximum Gasteiger partial charge on any atom is 0.333 e. The highest BCUT2D eigenvalue weighted by molar-refractivity contribution is 5.87. The van der Waals surface area contributed by atoms with Crippen LogP contribution in [0.1, 0.15) is 47.5 Å². The first-order valence-corrected chi connectivity index (χ1v) is 9.11. The summed E-state index contributed by atoms with van der Waals surface area (Å²) in [5.41, 5.74) is 0.531. The lowest BCUT2D eigenvalue weighted by molar-refractivity contribution is -0.158. The van der Waals surface area contributed by atoms with E-state index in [1.807, 2.05) is 19.9 Å². The smallest absolute Gasteiger partial charge is 0.333 e. The van der Waals surface area contributed by atoms with Crippen LogP contribution in [0, 0.1) is 23.7 Å². The number of hydrogen-bond acceptors (Lipinski definition) is 5. The summed E-state index contributed by atoms with van der Waals surface area (Å²) in [6.45, 7) is 9.18. The summed E-state index contributed by atoms with van der Waals surface area (Å²) in [5, 5.41) is 11.2. The van der Waals surface area contributed by atoms with Crippen molar-refractivity contribution in [3.63, 3.8) is 0 Å². The molecule has 0 aromatic rings. The standard InChI is InChI=1S/C20H28O5/c1-6-10(2)18(21)25-17-9-13-11(3)7-16-14(12(4)19(22)24-16)8-15(13)20(17,5)23/h6-7,12-17,23H,8-9H2,1-5H3/b10-6-/t12-,13-,14+,15+,16-,17+,20-/m0/s1. The van der Waals surface area contributed by atoms with E-state index in [1.165, 1.54) is 0 Å². The summed E-state index contributed by atoms with van der Waals surface area (Å²) in [4.78, 5) is 24.1. The van der Waals surface area contributed by atoms with Crippen molar-refractivity contribution < 1.29 is 24.2 Å². The van der Waals surface area contributed by atoms with Gasteiger partial charge < -0.3 is 14.6 Å². The van der Waals surface area contributed by atoms with E-state index < -0.39 is 11.7 Å². The largest absolute Gasteiger partial charge is 0.458 e. The Hall–Kier alpha value is -1.62. The third-order valence-corrected chi connectivity index (χ3v) is 6.59. The van der Waals surface area contributed by atoms with Crippen molar-refractivity contribution in [2.75, 3.05) is 0 Å². The molecule has 0 aromatic heterocycles. The number of hydrogen-bond donors (Lipinski definition) is 1. The van der Waals surface area contributed by atoms with Gasteiger partial charge in [0, 0.05) is 11.5 Å². The summed E-state index contributed by atoms with van der Waals surface area (Å²) in [5.74, 6) is -0.570. The Morgan fingerprint density at radius 2 is 2.12 bits per heavy atom. The van der Waals surface area contributed by atoms with E-state index in [4.69, 9.17) is 9.47 Å². The van der Waals surface area contributed by atoms with Gasteiger partial charge in [0.15, 0.2) is 0 Å². The summed E-state index contributed by atoms with van der Waals surface area (Å²) in [6.07, 6.45) is 4.30. The summed E-state index contributed by atoms with van der Waals surface area (Å²) in [6, 6.07) is 0. The summed E-state index contributed by atoms with van der Waals surface area (Å²) >= 11 is 0. The lowest BCUT2D eigenvalue weighted by Gasteiger charge is -2.33. The number of rotatable bonds is 2. The van der Waals surface area contributed by atoms with Crippen LogP contribution in [0.4, 0.5) is 0 Å². The Balaban J connectivity index is 1.87. The number of carbonyl (C=O) groups is 2. The Kier molecular flexibility index (Phi) is 4.56. The normalized spacial score (nSPS) is 43.7. The molecule has 0 unspecified atom stereocenters. The second kappa shape index (κ2) is 6.27. The second-order valence-corrected chi connectivity index (χ2v) is 8.04. The van der Waals surface area contributed by atoms with Gasteiger partial charge in [-0.25, -0.2) is 4.79 Å². The van der Waals surface area contributed by atoms with Crippen molar-refractivity contribution in [2.45, 2.75) is 65.3 Å². The van der Waals surface area contributed by atoms with E-state index in [9.17, 15) is 14.7 Å². The van der Waals surface area contributed by atoms with Crippen LogP contribution in [0.25, 0.3) is 0 Å². The molecule has 2 fully saturated rings. The number of carbonyl (C=O) groups excluding carboxylic acids is 2. The molecule has 1 aliphatic heterocycles. The van der Waals surface area contributed by atoms with Gasteiger partial charge in [-0.05, 0) is 58.4 Å². The first-order valence-electron chi connectivity index (χ1n) is 9.11. The van der Waals surface area contributed by atoms with E-state index in [2.05, 4.69) is 0 Å². The fourth-order valence-corrected chi connectivity index (χ4v) is 4.65. The highest BCUT2D eigenvalue weighted by atomic mass is 16.6. The molecule has 0 aromatic carbocycles. The molecule has 0 amide bonds.